The standard InChI is InChI=1S/C87H57N6/c1-5-25-58(26-6-1)67-51-68(59-27-7-2-8-28-59)54-71(53-67)62-33-23-35-64(49-62)85-88-86(65-36-24-34-63(50-65)72-55-69(60-29-9-3-10-30-60)52-70(56-72)61-31-11-4-12-32-61)90-87(89-85)66-47-48-78-77-41-17-22-46-83(77)93(84(78)57-66,91-79-42-18-13-37-73(79)74-38-14-19-43-80(74)91)92-81-44-20-15-39-75(81)76-40-16-21-45-82(76)92/h1-57H/q+1. The summed E-state index contributed by atoms with van der Waals surface area (Å²) in [6.45, 7) is 0. The molecule has 14 aromatic carbocycles. The van der Waals surface area contributed by atoms with Gasteiger partial charge in [0.1, 0.15) is 22.1 Å². The molecule has 0 atom stereocenters. The van der Waals surface area contributed by atoms with E-state index in [-0.39, 0.29) is 4.70 Å². The van der Waals surface area contributed by atoms with Crippen molar-refractivity contribution in [1.82, 2.24) is 29.0 Å². The summed E-state index contributed by atoms with van der Waals surface area (Å²) < 4.78 is 5.30. The predicted molar refractivity (Wildman–Crippen MR) is 385 cm³/mol. The van der Waals surface area contributed by atoms with E-state index in [1.165, 1.54) is 21.5 Å². The number of nitrogens with zero attached hydrogens (tertiary/aromatic N) is 6. The monoisotopic (exact) mass is 1190 g/mol. The van der Waals surface area contributed by atoms with E-state index in [0.29, 0.717) is 17.5 Å². The molecule has 0 fully saturated rings. The van der Waals surface area contributed by atoms with Gasteiger partial charge in [-0.25, -0.2) is 15.0 Å². The van der Waals surface area contributed by atoms with E-state index >= 15 is 0 Å². The zero-order valence-electron chi connectivity index (χ0n) is 50.6. The Hall–Kier alpha value is -12.4. The maximum atomic E-state index is 5.64. The third-order valence-electron chi connectivity index (χ3n) is 18.6. The summed E-state index contributed by atoms with van der Waals surface area (Å²) >= 11 is 0. The predicted octanol–water partition coefficient (Wildman–Crippen LogP) is 22.6. The van der Waals surface area contributed by atoms with Crippen LogP contribution in [0, 0.1) is 0 Å². The molecule has 6 nitrogen and oxygen atoms in total. The molecule has 0 amide bonds. The van der Waals surface area contributed by atoms with Crippen molar-refractivity contribution in [1.29, 1.82) is 0 Å². The Morgan fingerprint density at radius 2 is 0.452 bits per heavy atom. The normalized spacial score (nSPS) is 12.4. The molecule has 0 saturated heterocycles. The van der Waals surface area contributed by atoms with Crippen LogP contribution in [-0.4, -0.2) is 24.3 Å². The van der Waals surface area contributed by atoms with Crippen LogP contribution in [0.5, 0.6) is 0 Å². The van der Waals surface area contributed by atoms with E-state index < -0.39 is 0 Å². The van der Waals surface area contributed by atoms with E-state index in [9.17, 15) is 0 Å². The summed E-state index contributed by atoms with van der Waals surface area (Å²) in [6, 6.07) is 125. The number of hydrogen-bond acceptors (Lipinski definition) is 3. The van der Waals surface area contributed by atoms with E-state index in [4.69, 9.17) is 15.0 Å². The average molecular weight is 1190 g/mol. The third-order valence-corrected chi connectivity index (χ3v) is 18.6. The minimum absolute atomic E-state index is 0.177. The third kappa shape index (κ3) is 8.95. The molecule has 0 radical (unpaired) electrons. The molecule has 0 bridgehead atoms. The molecule has 1 aliphatic rings. The second-order valence-electron chi connectivity index (χ2n) is 24.1. The molecule has 434 valence electrons. The summed E-state index contributed by atoms with van der Waals surface area (Å²) in [5.74, 6) is 1.69. The molecule has 93 heavy (non-hydrogen) atoms. The highest BCUT2D eigenvalue weighted by Gasteiger charge is 2.52. The molecule has 0 unspecified atom stereocenters. The van der Waals surface area contributed by atoms with Gasteiger partial charge in [0.25, 0.3) is 0 Å². The van der Waals surface area contributed by atoms with Gasteiger partial charge in [0.05, 0.1) is 11.1 Å². The van der Waals surface area contributed by atoms with Gasteiger partial charge in [0.15, 0.2) is 28.8 Å². The topological polar surface area (TPSA) is 48.5 Å². The van der Waals surface area contributed by atoms with Crippen molar-refractivity contribution in [3.63, 3.8) is 0 Å². The number of benzene rings is 14. The number of rotatable bonds is 11. The summed E-state index contributed by atoms with van der Waals surface area (Å²) in [7, 11) is 0. The SMILES string of the molecule is c1ccc(-c2cc(-c3ccccc3)cc(-c3cccc(-c4nc(-c5cccc(-c6cc(-c7ccccc7)cc(-c7ccccc7)c6)c5)nc(-c5ccc6c(c5)[N+](n5c7ccccc7c7ccccc75)(n5c7ccccc7c7ccccc75)c5ccccc5-6)n4)c3)c2)cc1. The second-order valence-corrected chi connectivity index (χ2v) is 24.1. The van der Waals surface area contributed by atoms with Crippen molar-refractivity contribution in [2.45, 2.75) is 0 Å². The Morgan fingerprint density at radius 3 is 0.828 bits per heavy atom. The fourth-order valence-electron chi connectivity index (χ4n) is 14.4. The Kier molecular flexibility index (Phi) is 12.7. The summed E-state index contributed by atoms with van der Waals surface area (Å²) in [5.41, 5.74) is 24.9. The largest absolute Gasteiger partial charge is 0.208 e. The molecule has 18 rings (SSSR count). The lowest BCUT2D eigenvalue weighted by molar-refractivity contribution is 0.274. The van der Waals surface area contributed by atoms with Crippen molar-refractivity contribution < 1.29 is 0 Å². The van der Waals surface area contributed by atoms with E-state index in [0.717, 1.165) is 128 Å². The Bertz CT molecular complexity index is 5230. The highest BCUT2D eigenvalue weighted by molar-refractivity contribution is 6.12. The van der Waals surface area contributed by atoms with Crippen LogP contribution in [-0.2, 0) is 0 Å². The number of fused-ring (bicyclic) bond motifs is 9. The summed E-state index contributed by atoms with van der Waals surface area (Å²) in [6.07, 6.45) is 0. The fourth-order valence-corrected chi connectivity index (χ4v) is 14.4. The summed E-state index contributed by atoms with van der Waals surface area (Å²) in [4.78, 5) is 16.8. The van der Waals surface area contributed by atoms with Crippen molar-refractivity contribution in [3.8, 4) is 112 Å². The van der Waals surface area contributed by atoms with E-state index in [1.54, 1.807) is 0 Å². The van der Waals surface area contributed by atoms with Crippen molar-refractivity contribution in [2.24, 2.45) is 0 Å². The van der Waals surface area contributed by atoms with Gasteiger partial charge in [-0.15, -0.1) is 0 Å². The number of hydrogen-bond donors (Lipinski definition) is 0. The molecule has 4 heterocycles. The highest BCUT2D eigenvalue weighted by atomic mass is 15.9. The average Bonchev–Trinajstić information content (AvgIpc) is 1.50. The molecule has 0 N–H and O–H groups in total. The van der Waals surface area contributed by atoms with Crippen LogP contribution in [0.2, 0.25) is 0 Å². The zero-order valence-corrected chi connectivity index (χ0v) is 50.6. The highest BCUT2D eigenvalue weighted by Crippen LogP contribution is 2.58. The number of para-hydroxylation sites is 5. The zero-order chi connectivity index (χ0) is 61.4. The fraction of sp³-hybridized carbons (Fsp3) is 0. The molecular formula is C87H57N6+. The van der Waals surface area contributed by atoms with Crippen molar-refractivity contribution >= 4 is 55.0 Å². The Morgan fingerprint density at radius 1 is 0.183 bits per heavy atom. The van der Waals surface area contributed by atoms with Crippen LogP contribution in [0.1, 0.15) is 0 Å². The summed E-state index contributed by atoms with van der Waals surface area (Å²) in [5, 5.41) is 4.71. The van der Waals surface area contributed by atoms with Gasteiger partial charge in [0, 0.05) is 50.4 Å². The van der Waals surface area contributed by atoms with E-state index in [2.05, 4.69) is 355 Å². The van der Waals surface area contributed by atoms with Crippen molar-refractivity contribution in [2.75, 3.05) is 0 Å². The molecule has 1 aliphatic heterocycles. The van der Waals surface area contributed by atoms with E-state index in [1.807, 2.05) is 0 Å². The molecule has 0 spiro atoms. The minimum Gasteiger partial charge on any atom is -0.208 e. The van der Waals surface area contributed by atoms with Gasteiger partial charge in [-0.3, -0.25) is 0 Å². The van der Waals surface area contributed by atoms with Crippen LogP contribution < -0.4 is 4.70 Å². The maximum absolute atomic E-state index is 5.64. The molecule has 0 saturated carbocycles. The van der Waals surface area contributed by atoms with Gasteiger partial charge < -0.3 is 0 Å². The molecule has 17 aromatic rings. The maximum Gasteiger partial charge on any atom is 0.197 e. The molecule has 6 heteroatoms. The molecular weight excluding hydrogens is 1130 g/mol. The smallest absolute Gasteiger partial charge is 0.197 e. The van der Waals surface area contributed by atoms with Gasteiger partial charge >= 0.3 is 0 Å². The van der Waals surface area contributed by atoms with Crippen LogP contribution in [0.25, 0.3) is 156 Å². The minimum atomic E-state index is 0.177. The first-order valence-electron chi connectivity index (χ1n) is 31.7. The van der Waals surface area contributed by atoms with Crippen LogP contribution in [0.15, 0.2) is 346 Å². The molecule has 0 aliphatic carbocycles. The van der Waals surface area contributed by atoms with Gasteiger partial charge in [-0.05, 0) is 156 Å². The van der Waals surface area contributed by atoms with Crippen LogP contribution in [0.3, 0.4) is 0 Å². The van der Waals surface area contributed by atoms with Gasteiger partial charge in [0.2, 0.25) is 0 Å². The first-order chi connectivity index (χ1) is 46.1. The first kappa shape index (κ1) is 53.7. The quantitative estimate of drug-likeness (QED) is 0.121. The van der Waals surface area contributed by atoms with Crippen LogP contribution >= 0.6 is 0 Å². The van der Waals surface area contributed by atoms with Gasteiger partial charge in [-0.2, -0.15) is 9.35 Å². The Labute approximate surface area is 538 Å². The number of quaternary nitrogens is 1. The second kappa shape index (κ2) is 22.0. The lowest BCUT2D eigenvalue weighted by atomic mass is 9.92. The lowest BCUT2D eigenvalue weighted by Gasteiger charge is -2.37. The first-order valence-corrected chi connectivity index (χ1v) is 31.7. The van der Waals surface area contributed by atoms with Crippen LogP contribution in [0.4, 0.5) is 11.4 Å². The molecule has 3 aromatic heterocycles. The number of aromatic nitrogens is 5. The Balaban J connectivity index is 0.881. The van der Waals surface area contributed by atoms with Crippen molar-refractivity contribution in [3.05, 3.63) is 346 Å². The van der Waals surface area contributed by atoms with Gasteiger partial charge in [-0.1, -0.05) is 249 Å². The lowest BCUT2D eigenvalue weighted by Crippen LogP contribution is -2.51.